The first-order valence-electron chi connectivity index (χ1n) is 6.31. The predicted molar refractivity (Wildman–Crippen MR) is 85.0 cm³/mol. The van der Waals surface area contributed by atoms with Crippen molar-refractivity contribution in [3.63, 3.8) is 0 Å². The molecule has 6 nitrogen and oxygen atoms in total. The molecule has 2 aromatic rings. The number of halogens is 2. The lowest BCUT2D eigenvalue weighted by atomic mass is 10.1. The highest BCUT2D eigenvalue weighted by Gasteiger charge is 2.15. The number of aromatic nitrogens is 2. The van der Waals surface area contributed by atoms with E-state index in [0.717, 1.165) is 4.57 Å². The Hall–Kier alpha value is -1.86. The average molecular weight is 388 g/mol. The molecule has 0 aliphatic rings. The number of aromatic amines is 1. The summed E-state index contributed by atoms with van der Waals surface area (Å²) in [5.41, 5.74) is -0.567. The minimum Gasteiger partial charge on any atom is -0.456 e. The zero-order chi connectivity index (χ0) is 16.3. The molecule has 22 heavy (non-hydrogen) atoms. The van der Waals surface area contributed by atoms with E-state index in [1.54, 1.807) is 31.2 Å². The van der Waals surface area contributed by atoms with Gasteiger partial charge in [-0.3, -0.25) is 19.1 Å². The van der Waals surface area contributed by atoms with Gasteiger partial charge >= 0.3 is 11.7 Å². The lowest BCUT2D eigenvalue weighted by Crippen LogP contribution is -2.32. The lowest BCUT2D eigenvalue weighted by Gasteiger charge is -2.15. The maximum atomic E-state index is 11.9. The molecular formula is C14H12BrClN2O4. The minimum absolute atomic E-state index is 0.152. The molecule has 1 heterocycles. The summed E-state index contributed by atoms with van der Waals surface area (Å²) in [5, 5.41) is 0.492. The van der Waals surface area contributed by atoms with Gasteiger partial charge in [-0.2, -0.15) is 0 Å². The number of rotatable bonds is 4. The number of hydrogen-bond donors (Lipinski definition) is 1. The summed E-state index contributed by atoms with van der Waals surface area (Å²) < 4.78 is 6.46. The summed E-state index contributed by atoms with van der Waals surface area (Å²) in [6.07, 6.45) is 0.686. The monoisotopic (exact) mass is 386 g/mol. The van der Waals surface area contributed by atoms with Crippen molar-refractivity contribution in [3.05, 3.63) is 66.4 Å². The van der Waals surface area contributed by atoms with Crippen LogP contribution in [0.25, 0.3) is 0 Å². The smallest absolute Gasteiger partial charge is 0.328 e. The van der Waals surface area contributed by atoms with E-state index in [1.807, 2.05) is 0 Å². The SMILES string of the molecule is C[C@@H](OC(=O)Cn1cc(Br)c(=O)[nH]c1=O)c1ccccc1Cl. The third-order valence-corrected chi connectivity index (χ3v) is 3.83. The molecule has 0 spiro atoms. The van der Waals surface area contributed by atoms with Crippen LogP contribution in [0.4, 0.5) is 0 Å². The highest BCUT2D eigenvalue weighted by atomic mass is 79.9. The van der Waals surface area contributed by atoms with Crippen LogP contribution in [-0.4, -0.2) is 15.5 Å². The van der Waals surface area contributed by atoms with Gasteiger partial charge in [0, 0.05) is 16.8 Å². The predicted octanol–water partition coefficient (Wildman–Crippen LogP) is 2.26. The normalized spacial score (nSPS) is 12.0. The van der Waals surface area contributed by atoms with Gasteiger partial charge in [0.2, 0.25) is 0 Å². The molecule has 0 saturated carbocycles. The largest absolute Gasteiger partial charge is 0.456 e. The summed E-state index contributed by atoms with van der Waals surface area (Å²) in [6.45, 7) is 1.37. The first-order valence-corrected chi connectivity index (χ1v) is 7.48. The third-order valence-electron chi connectivity index (χ3n) is 2.92. The summed E-state index contributed by atoms with van der Waals surface area (Å²) >= 11 is 9.03. The van der Waals surface area contributed by atoms with Crippen molar-refractivity contribution < 1.29 is 9.53 Å². The number of esters is 1. The van der Waals surface area contributed by atoms with Gasteiger partial charge in [0.1, 0.15) is 12.6 Å². The van der Waals surface area contributed by atoms with Gasteiger partial charge in [0.25, 0.3) is 5.56 Å². The summed E-state index contributed by atoms with van der Waals surface area (Å²) in [6, 6.07) is 7.01. The fourth-order valence-electron chi connectivity index (χ4n) is 1.84. The molecule has 0 bridgehead atoms. The minimum atomic E-state index is -0.685. The molecule has 0 fully saturated rings. The highest BCUT2D eigenvalue weighted by molar-refractivity contribution is 9.10. The van der Waals surface area contributed by atoms with E-state index < -0.39 is 23.3 Å². The van der Waals surface area contributed by atoms with Crippen molar-refractivity contribution in [2.24, 2.45) is 0 Å². The summed E-state index contributed by atoms with van der Waals surface area (Å²) in [5.74, 6) is -0.617. The number of ether oxygens (including phenoxy) is 1. The Bertz CT molecular complexity index is 815. The van der Waals surface area contributed by atoms with E-state index in [2.05, 4.69) is 20.9 Å². The van der Waals surface area contributed by atoms with Crippen molar-refractivity contribution in [1.82, 2.24) is 9.55 Å². The Morgan fingerprint density at radius 2 is 2.09 bits per heavy atom. The number of nitrogens with one attached hydrogen (secondary N) is 1. The Morgan fingerprint density at radius 1 is 1.41 bits per heavy atom. The van der Waals surface area contributed by atoms with Crippen LogP contribution in [0.1, 0.15) is 18.6 Å². The molecule has 0 aliphatic carbocycles. The molecule has 2 rings (SSSR count). The van der Waals surface area contributed by atoms with Gasteiger partial charge < -0.3 is 4.74 Å². The first kappa shape index (κ1) is 16.5. The van der Waals surface area contributed by atoms with Crippen LogP contribution < -0.4 is 11.2 Å². The molecule has 0 aliphatic heterocycles. The Labute approximate surface area is 138 Å². The van der Waals surface area contributed by atoms with Crippen molar-refractivity contribution in [1.29, 1.82) is 0 Å². The van der Waals surface area contributed by atoms with Crippen LogP contribution in [0.15, 0.2) is 44.5 Å². The third kappa shape index (κ3) is 3.86. The van der Waals surface area contributed by atoms with Crippen molar-refractivity contribution in [2.45, 2.75) is 19.6 Å². The van der Waals surface area contributed by atoms with Gasteiger partial charge in [0.15, 0.2) is 0 Å². The Kier molecular flexibility index (Phi) is 5.20. The fraction of sp³-hybridized carbons (Fsp3) is 0.214. The topological polar surface area (TPSA) is 81.2 Å². The zero-order valence-corrected chi connectivity index (χ0v) is 13.8. The number of benzene rings is 1. The van der Waals surface area contributed by atoms with E-state index >= 15 is 0 Å². The molecule has 0 amide bonds. The Morgan fingerprint density at radius 3 is 2.77 bits per heavy atom. The van der Waals surface area contributed by atoms with Gasteiger partial charge in [0.05, 0.1) is 4.47 Å². The molecule has 116 valence electrons. The van der Waals surface area contributed by atoms with E-state index in [1.165, 1.54) is 6.20 Å². The molecule has 8 heteroatoms. The van der Waals surface area contributed by atoms with E-state index in [4.69, 9.17) is 16.3 Å². The zero-order valence-electron chi connectivity index (χ0n) is 11.5. The number of nitrogens with zero attached hydrogens (tertiary/aromatic N) is 1. The second-order valence-corrected chi connectivity index (χ2v) is 5.78. The van der Waals surface area contributed by atoms with Gasteiger partial charge in [-0.05, 0) is 28.9 Å². The Balaban J connectivity index is 2.11. The van der Waals surface area contributed by atoms with Crippen LogP contribution >= 0.6 is 27.5 Å². The first-order chi connectivity index (χ1) is 10.4. The molecule has 1 aromatic carbocycles. The van der Waals surface area contributed by atoms with E-state index in [-0.39, 0.29) is 11.0 Å². The number of carbonyl (C=O) groups excluding carboxylic acids is 1. The van der Waals surface area contributed by atoms with E-state index in [0.29, 0.717) is 10.6 Å². The van der Waals surface area contributed by atoms with Crippen LogP contribution in [0.2, 0.25) is 5.02 Å². The average Bonchev–Trinajstić information content (AvgIpc) is 2.45. The molecule has 0 unspecified atom stereocenters. The van der Waals surface area contributed by atoms with Crippen LogP contribution in [0, 0.1) is 0 Å². The van der Waals surface area contributed by atoms with E-state index in [9.17, 15) is 14.4 Å². The quantitative estimate of drug-likeness (QED) is 0.816. The lowest BCUT2D eigenvalue weighted by molar-refractivity contribution is -0.149. The summed E-state index contributed by atoms with van der Waals surface area (Å²) in [4.78, 5) is 36.8. The number of carbonyl (C=O) groups is 1. The van der Waals surface area contributed by atoms with Gasteiger partial charge in [-0.25, -0.2) is 4.79 Å². The molecular weight excluding hydrogens is 376 g/mol. The molecule has 1 atom stereocenters. The second kappa shape index (κ2) is 6.93. The molecule has 0 radical (unpaired) electrons. The standard InChI is InChI=1S/C14H12BrClN2O4/c1-8(9-4-2-3-5-11(9)16)22-12(19)7-18-6-10(15)13(20)17-14(18)21/h2-6,8H,7H2,1H3,(H,17,20,21)/t8-/m1/s1. The molecule has 0 saturated heterocycles. The summed E-state index contributed by atoms with van der Waals surface area (Å²) in [7, 11) is 0. The van der Waals surface area contributed by atoms with Crippen LogP contribution in [0.3, 0.4) is 0 Å². The van der Waals surface area contributed by atoms with Crippen molar-refractivity contribution in [3.8, 4) is 0 Å². The van der Waals surface area contributed by atoms with Crippen LogP contribution in [0.5, 0.6) is 0 Å². The highest BCUT2D eigenvalue weighted by Crippen LogP contribution is 2.24. The van der Waals surface area contributed by atoms with Gasteiger partial charge in [-0.15, -0.1) is 0 Å². The maximum Gasteiger partial charge on any atom is 0.328 e. The van der Waals surface area contributed by atoms with Crippen molar-refractivity contribution >= 4 is 33.5 Å². The second-order valence-electron chi connectivity index (χ2n) is 4.52. The molecule has 1 N–H and O–H groups in total. The number of H-pyrrole nitrogens is 1. The van der Waals surface area contributed by atoms with Crippen molar-refractivity contribution in [2.75, 3.05) is 0 Å². The molecule has 1 aromatic heterocycles. The maximum absolute atomic E-state index is 11.9. The van der Waals surface area contributed by atoms with Crippen LogP contribution in [-0.2, 0) is 16.1 Å². The fourth-order valence-corrected chi connectivity index (χ4v) is 2.48. The van der Waals surface area contributed by atoms with Gasteiger partial charge in [-0.1, -0.05) is 29.8 Å². The number of hydrogen-bond acceptors (Lipinski definition) is 4.